The van der Waals surface area contributed by atoms with Crippen LogP contribution in [0.15, 0.2) is 97.2 Å². The van der Waals surface area contributed by atoms with E-state index in [-0.39, 0.29) is 62.2 Å². The third-order valence-corrected chi connectivity index (χ3v) is 10.7. The molecule has 2 atom stereocenters. The Bertz CT molecular complexity index is 2270. The van der Waals surface area contributed by atoms with Crippen LogP contribution in [0.25, 0.3) is 10.9 Å². The van der Waals surface area contributed by atoms with Crippen LogP contribution in [0.4, 0.5) is 15.3 Å². The number of benzene rings is 4. The number of ketones is 1. The van der Waals surface area contributed by atoms with Crippen LogP contribution >= 0.6 is 0 Å². The first-order chi connectivity index (χ1) is 25.8. The first-order valence-corrected chi connectivity index (χ1v) is 17.3. The van der Waals surface area contributed by atoms with E-state index in [1.54, 1.807) is 24.4 Å². The van der Waals surface area contributed by atoms with Crippen LogP contribution in [0.1, 0.15) is 41.5 Å². The maximum atomic E-state index is 15.8. The highest BCUT2D eigenvalue weighted by Crippen LogP contribution is 2.62. The number of para-hydroxylation sites is 1. The van der Waals surface area contributed by atoms with Gasteiger partial charge in [-0.25, -0.2) is 14.2 Å². The molecule has 4 heterocycles. The molecule has 2 bridgehead atoms. The number of amides is 2. The predicted molar refractivity (Wildman–Crippen MR) is 193 cm³/mol. The molecule has 0 unspecified atom stereocenters. The molecule has 12 nitrogen and oxygen atoms in total. The fourth-order valence-electron chi connectivity index (χ4n) is 8.40. The average molecular weight is 716 g/mol. The van der Waals surface area contributed by atoms with Gasteiger partial charge in [0.1, 0.15) is 24.5 Å². The molecule has 8 rings (SSSR count). The number of aromatic nitrogens is 1. The van der Waals surface area contributed by atoms with E-state index in [1.165, 1.54) is 35.7 Å². The molecule has 2 fully saturated rings. The van der Waals surface area contributed by atoms with E-state index in [0.29, 0.717) is 33.5 Å². The number of ether oxygens (including phenoxy) is 5. The summed E-state index contributed by atoms with van der Waals surface area (Å²) in [6.45, 7) is 0.255. The zero-order valence-electron chi connectivity index (χ0n) is 29.5. The second-order valence-electron chi connectivity index (χ2n) is 13.2. The van der Waals surface area contributed by atoms with Crippen LogP contribution < -0.4 is 19.1 Å². The summed E-state index contributed by atoms with van der Waals surface area (Å²) in [5.41, 5.74) is 0.287. The predicted octanol–water partition coefficient (Wildman–Crippen LogP) is 6.59. The summed E-state index contributed by atoms with van der Waals surface area (Å²) in [5.74, 6) is 0.137. The molecule has 2 amide bonds. The molecule has 3 aliphatic rings. The summed E-state index contributed by atoms with van der Waals surface area (Å²) in [5, 5.41) is 0.590. The second kappa shape index (κ2) is 13.0. The highest BCUT2D eigenvalue weighted by Gasteiger charge is 2.71. The number of carbonyl (C=O) groups excluding carboxylic acids is 4. The van der Waals surface area contributed by atoms with Gasteiger partial charge in [-0.3, -0.25) is 19.4 Å². The Morgan fingerprint density at radius 3 is 2.13 bits per heavy atom. The molecule has 0 saturated carbocycles. The number of Topliss-reactive ketones (excluding diaryl/α,β-unsaturated/α-hetero) is 1. The van der Waals surface area contributed by atoms with Crippen molar-refractivity contribution in [2.24, 2.45) is 0 Å². The van der Waals surface area contributed by atoms with Crippen LogP contribution in [0.3, 0.4) is 0 Å². The lowest BCUT2D eigenvalue weighted by atomic mass is 9.59. The molecular formula is C41H37N3O9. The van der Waals surface area contributed by atoms with Crippen molar-refractivity contribution in [3.63, 3.8) is 0 Å². The van der Waals surface area contributed by atoms with E-state index < -0.39 is 23.3 Å². The van der Waals surface area contributed by atoms with Crippen molar-refractivity contribution in [3.05, 3.63) is 119 Å². The van der Waals surface area contributed by atoms with E-state index in [4.69, 9.17) is 23.7 Å². The molecule has 12 heteroatoms. The van der Waals surface area contributed by atoms with Gasteiger partial charge in [0.25, 0.3) is 0 Å². The van der Waals surface area contributed by atoms with Crippen molar-refractivity contribution in [1.82, 2.24) is 9.47 Å². The summed E-state index contributed by atoms with van der Waals surface area (Å²) < 4.78 is 30.7. The van der Waals surface area contributed by atoms with Crippen LogP contribution in [0, 0.1) is 0 Å². The molecule has 5 aromatic rings. The molecule has 3 aliphatic heterocycles. The number of hydrogen-bond acceptors (Lipinski definition) is 9. The molecule has 1 aromatic heterocycles. The van der Waals surface area contributed by atoms with Gasteiger partial charge in [0.2, 0.25) is 5.91 Å². The maximum absolute atomic E-state index is 15.8. The van der Waals surface area contributed by atoms with Crippen molar-refractivity contribution in [2.75, 3.05) is 32.8 Å². The number of piperidine rings is 1. The molecular weight excluding hydrogens is 678 g/mol. The Balaban J connectivity index is 1.36. The number of carbonyl (C=O) groups is 4. The number of likely N-dealkylation sites (tertiary alicyclic amines) is 1. The first kappa shape index (κ1) is 33.8. The highest BCUT2D eigenvalue weighted by molar-refractivity contribution is 6.19. The molecule has 0 radical (unpaired) electrons. The first-order valence-electron chi connectivity index (χ1n) is 17.3. The average Bonchev–Trinajstić information content (AvgIpc) is 3.77. The fourth-order valence-corrected chi connectivity index (χ4v) is 8.40. The van der Waals surface area contributed by atoms with Gasteiger partial charge in [-0.15, -0.1) is 0 Å². The monoisotopic (exact) mass is 715 g/mol. The Morgan fingerprint density at radius 1 is 0.755 bits per heavy atom. The lowest BCUT2D eigenvalue weighted by Crippen LogP contribution is -2.75. The van der Waals surface area contributed by atoms with Crippen LogP contribution in [-0.4, -0.2) is 66.9 Å². The topological polar surface area (TPSA) is 126 Å². The van der Waals surface area contributed by atoms with E-state index >= 15 is 4.79 Å². The van der Waals surface area contributed by atoms with Gasteiger partial charge in [0.05, 0.1) is 32.4 Å². The smallest absolute Gasteiger partial charge is 0.418 e. The summed E-state index contributed by atoms with van der Waals surface area (Å²) in [7, 11) is 4.22. The van der Waals surface area contributed by atoms with E-state index in [0.717, 1.165) is 11.1 Å². The van der Waals surface area contributed by atoms with Crippen molar-refractivity contribution < 1.29 is 42.9 Å². The van der Waals surface area contributed by atoms with Crippen LogP contribution in [0.5, 0.6) is 17.2 Å². The minimum atomic E-state index is -1.74. The molecule has 53 heavy (non-hydrogen) atoms. The number of fused-ring (bicyclic) bond motifs is 5. The summed E-state index contributed by atoms with van der Waals surface area (Å²) >= 11 is 0. The molecule has 2 saturated heterocycles. The minimum absolute atomic E-state index is 0.0121. The molecule has 0 aliphatic carbocycles. The third-order valence-electron chi connectivity index (χ3n) is 10.7. The summed E-state index contributed by atoms with van der Waals surface area (Å²) in [4.78, 5) is 59.9. The third kappa shape index (κ3) is 4.96. The lowest BCUT2D eigenvalue weighted by molar-refractivity contribution is -0.141. The zero-order valence-corrected chi connectivity index (χ0v) is 29.5. The van der Waals surface area contributed by atoms with Crippen molar-refractivity contribution >= 4 is 40.5 Å². The van der Waals surface area contributed by atoms with Crippen LogP contribution in [-0.2, 0) is 37.7 Å². The molecule has 4 aromatic carbocycles. The fraction of sp³-hybridized carbons (Fsp3) is 0.268. The number of nitrogens with zero attached hydrogens (tertiary/aromatic N) is 3. The maximum Gasteiger partial charge on any atom is 0.418 e. The zero-order chi connectivity index (χ0) is 36.9. The van der Waals surface area contributed by atoms with Gasteiger partial charge < -0.3 is 23.7 Å². The van der Waals surface area contributed by atoms with Gasteiger partial charge in [0, 0.05) is 36.5 Å². The molecule has 1 spiro atoms. The normalized spacial score (nSPS) is 20.1. The number of rotatable bonds is 8. The highest BCUT2D eigenvalue weighted by atomic mass is 16.6. The Kier molecular flexibility index (Phi) is 8.32. The van der Waals surface area contributed by atoms with E-state index in [2.05, 4.69) is 0 Å². The minimum Gasteiger partial charge on any atom is -0.492 e. The van der Waals surface area contributed by atoms with Gasteiger partial charge >= 0.3 is 12.2 Å². The standard InChI is InChI=1S/C41H37N3O9/c1-49-35-30(23-28-18-21-42(38(47)51-3)33(28)36(35)50-2)40-20-22-43(39(48)53-25-27-13-8-5-9-14-27)41(37(40)46)19-17-32(45)44(41)34-29(40)15-10-16-31(34)52-24-26-11-6-4-7-12-26/h4-16,18,21,23H,17,19-20,22,24-25H2,1-3H3/t40-,41+/m1/s1. The molecule has 0 N–H and O–H groups in total. The largest absolute Gasteiger partial charge is 0.492 e. The van der Waals surface area contributed by atoms with Gasteiger partial charge in [-0.05, 0) is 41.3 Å². The summed E-state index contributed by atoms with van der Waals surface area (Å²) in [6, 6.07) is 27.9. The van der Waals surface area contributed by atoms with Crippen LogP contribution in [0.2, 0.25) is 0 Å². The van der Waals surface area contributed by atoms with E-state index in [9.17, 15) is 14.4 Å². The number of methoxy groups -OCH3 is 3. The van der Waals surface area contributed by atoms with Gasteiger partial charge in [-0.2, -0.15) is 0 Å². The summed E-state index contributed by atoms with van der Waals surface area (Å²) in [6.07, 6.45) is 0.394. The lowest BCUT2D eigenvalue weighted by Gasteiger charge is -2.58. The van der Waals surface area contributed by atoms with Gasteiger partial charge in [0.15, 0.2) is 22.9 Å². The Labute approximate surface area is 305 Å². The Morgan fingerprint density at radius 2 is 1.45 bits per heavy atom. The Hall–Kier alpha value is -6.30. The number of hydrogen-bond donors (Lipinski definition) is 0. The van der Waals surface area contributed by atoms with Crippen molar-refractivity contribution in [1.29, 1.82) is 0 Å². The molecule has 270 valence electrons. The number of anilines is 1. The van der Waals surface area contributed by atoms with Crippen molar-refractivity contribution in [2.45, 2.75) is 43.6 Å². The second-order valence-corrected chi connectivity index (χ2v) is 13.2. The SMILES string of the molecule is COC(=O)n1ccc2cc([C@@]34CCN(C(=O)OCc5ccccc5)[C@]5(CCC(=O)N5c5c(OCc6ccccc6)cccc53)C4=O)c(OC)c(OC)c21. The quantitative estimate of drug-likeness (QED) is 0.175. The van der Waals surface area contributed by atoms with E-state index in [1.807, 2.05) is 72.8 Å². The van der Waals surface area contributed by atoms with Gasteiger partial charge in [-0.1, -0.05) is 72.8 Å². The van der Waals surface area contributed by atoms with Crippen molar-refractivity contribution in [3.8, 4) is 17.2 Å².